The summed E-state index contributed by atoms with van der Waals surface area (Å²) >= 11 is 1.29. The number of hydrazone groups is 1. The molecule has 0 saturated heterocycles. The van der Waals surface area contributed by atoms with Crippen LogP contribution in [0.5, 0.6) is 17.2 Å². The Hall–Kier alpha value is -3.98. The number of hydrogen-bond donors (Lipinski definition) is 0. The fourth-order valence-electron chi connectivity index (χ4n) is 3.03. The molecule has 0 saturated carbocycles. The molecule has 1 amide bonds. The number of ether oxygens (including phenoxy) is 3. The summed E-state index contributed by atoms with van der Waals surface area (Å²) in [5.74, 6) is 0.826. The topological polar surface area (TPSA) is 73.3 Å². The molecule has 33 heavy (non-hydrogen) atoms. The number of hydrogen-bond acceptors (Lipinski definition) is 7. The molecule has 0 N–H and O–H groups in total. The number of carbonyl (C=O) groups excluding carboxylic acids is 1. The van der Waals surface area contributed by atoms with Gasteiger partial charge < -0.3 is 14.2 Å². The highest BCUT2D eigenvalue weighted by Crippen LogP contribution is 2.33. The van der Waals surface area contributed by atoms with Crippen LogP contribution in [0, 0.1) is 5.82 Å². The van der Waals surface area contributed by atoms with Crippen molar-refractivity contribution in [2.24, 2.45) is 5.10 Å². The first-order chi connectivity index (χ1) is 16.0. The van der Waals surface area contributed by atoms with Gasteiger partial charge in [-0.2, -0.15) is 10.1 Å². The molecule has 0 aliphatic carbocycles. The van der Waals surface area contributed by atoms with Crippen LogP contribution in [0.15, 0.2) is 65.8 Å². The average molecular weight is 466 g/mol. The number of carbonyl (C=O) groups is 1. The second kappa shape index (κ2) is 9.66. The maximum atomic E-state index is 13.5. The Morgan fingerprint density at radius 2 is 1.61 bits per heavy atom. The van der Waals surface area contributed by atoms with E-state index in [1.807, 2.05) is 12.1 Å². The van der Waals surface area contributed by atoms with Crippen LogP contribution in [0.4, 0.5) is 9.52 Å². The number of halogens is 1. The zero-order chi connectivity index (χ0) is 23.4. The smallest absolute Gasteiger partial charge is 0.281 e. The summed E-state index contributed by atoms with van der Waals surface area (Å²) in [6.07, 6.45) is 1.47. The molecule has 0 aliphatic rings. The molecule has 1 aromatic heterocycles. The fraction of sp³-hybridized carbons (Fsp3) is 0.125. The van der Waals surface area contributed by atoms with Crippen LogP contribution in [-0.4, -0.2) is 38.4 Å². The van der Waals surface area contributed by atoms with Crippen molar-refractivity contribution in [3.8, 4) is 17.2 Å². The molecule has 4 rings (SSSR count). The Balaban J connectivity index is 1.78. The van der Waals surface area contributed by atoms with Gasteiger partial charge in [-0.3, -0.25) is 4.79 Å². The van der Waals surface area contributed by atoms with Gasteiger partial charge in [0.2, 0.25) is 5.13 Å². The number of aromatic nitrogens is 1. The van der Waals surface area contributed by atoms with E-state index in [0.29, 0.717) is 39.0 Å². The molecule has 1 heterocycles. The van der Waals surface area contributed by atoms with Gasteiger partial charge in [0.1, 0.15) is 23.1 Å². The third kappa shape index (κ3) is 4.93. The molecular formula is C24H20FN3O4S. The van der Waals surface area contributed by atoms with E-state index in [0.717, 1.165) is 4.70 Å². The van der Waals surface area contributed by atoms with Gasteiger partial charge in [0.05, 0.1) is 37.8 Å². The number of benzene rings is 3. The van der Waals surface area contributed by atoms with Crippen molar-refractivity contribution in [3.05, 3.63) is 77.6 Å². The maximum Gasteiger partial charge on any atom is 0.281 e. The van der Waals surface area contributed by atoms with Crippen LogP contribution < -0.4 is 19.2 Å². The van der Waals surface area contributed by atoms with Crippen LogP contribution in [0.2, 0.25) is 0 Å². The van der Waals surface area contributed by atoms with Gasteiger partial charge in [-0.25, -0.2) is 9.37 Å². The van der Waals surface area contributed by atoms with Crippen molar-refractivity contribution in [1.29, 1.82) is 0 Å². The zero-order valence-corrected chi connectivity index (χ0v) is 18.9. The summed E-state index contributed by atoms with van der Waals surface area (Å²) in [5, 5.41) is 5.96. The van der Waals surface area contributed by atoms with Crippen molar-refractivity contribution in [1.82, 2.24) is 4.98 Å². The Labute approximate surface area is 193 Å². The van der Waals surface area contributed by atoms with Crippen LogP contribution in [0.1, 0.15) is 15.9 Å². The standard InChI is InChI=1S/C24H20FN3O4S/c1-30-18-8-9-21-22(13-18)33-24(27-21)28(26-14-15-4-6-17(25)7-5-15)23(29)16-10-19(31-2)12-20(11-16)32-3/h4-14H,1-3H3/b26-14+. The monoisotopic (exact) mass is 465 g/mol. The average Bonchev–Trinajstić information content (AvgIpc) is 3.27. The van der Waals surface area contributed by atoms with Crippen molar-refractivity contribution in [3.63, 3.8) is 0 Å². The first kappa shape index (κ1) is 22.2. The van der Waals surface area contributed by atoms with E-state index in [-0.39, 0.29) is 5.82 Å². The Morgan fingerprint density at radius 3 is 2.24 bits per heavy atom. The van der Waals surface area contributed by atoms with Crippen molar-refractivity contribution >= 4 is 38.8 Å². The second-order valence-corrected chi connectivity index (χ2v) is 7.85. The Morgan fingerprint density at radius 1 is 0.939 bits per heavy atom. The predicted octanol–water partition coefficient (Wildman–Crippen LogP) is 5.14. The molecule has 0 aliphatic heterocycles. The van der Waals surface area contributed by atoms with E-state index in [2.05, 4.69) is 10.1 Å². The molecule has 0 bridgehead atoms. The molecule has 9 heteroatoms. The van der Waals surface area contributed by atoms with Crippen molar-refractivity contribution in [2.45, 2.75) is 0 Å². The van der Waals surface area contributed by atoms with E-state index >= 15 is 0 Å². The summed E-state index contributed by atoms with van der Waals surface area (Å²) in [6, 6.07) is 16.1. The van der Waals surface area contributed by atoms with Crippen molar-refractivity contribution < 1.29 is 23.4 Å². The summed E-state index contributed by atoms with van der Waals surface area (Å²) in [5.41, 5.74) is 1.63. The van der Waals surface area contributed by atoms with Crippen LogP contribution >= 0.6 is 11.3 Å². The van der Waals surface area contributed by atoms with Crippen molar-refractivity contribution in [2.75, 3.05) is 26.3 Å². The van der Waals surface area contributed by atoms with Gasteiger partial charge in [0.15, 0.2) is 0 Å². The second-order valence-electron chi connectivity index (χ2n) is 6.84. The molecule has 0 atom stereocenters. The van der Waals surface area contributed by atoms with Crippen LogP contribution in [-0.2, 0) is 0 Å². The maximum absolute atomic E-state index is 13.5. The van der Waals surface area contributed by atoms with E-state index < -0.39 is 5.91 Å². The summed E-state index contributed by atoms with van der Waals surface area (Å²) in [7, 11) is 4.60. The Kier molecular flexibility index (Phi) is 6.50. The number of nitrogens with zero attached hydrogens (tertiary/aromatic N) is 3. The molecular weight excluding hydrogens is 445 g/mol. The highest BCUT2D eigenvalue weighted by atomic mass is 32.1. The van der Waals surface area contributed by atoms with E-state index in [4.69, 9.17) is 14.2 Å². The lowest BCUT2D eigenvalue weighted by molar-refractivity contribution is 0.0987. The van der Waals surface area contributed by atoms with Gasteiger partial charge in [-0.05, 0) is 48.0 Å². The third-order valence-corrected chi connectivity index (χ3v) is 5.74. The number of amides is 1. The minimum atomic E-state index is -0.434. The third-order valence-electron chi connectivity index (χ3n) is 4.75. The molecule has 0 unspecified atom stereocenters. The predicted molar refractivity (Wildman–Crippen MR) is 127 cm³/mol. The van der Waals surface area contributed by atoms with Gasteiger partial charge >= 0.3 is 0 Å². The minimum absolute atomic E-state index is 0.305. The number of anilines is 1. The lowest BCUT2D eigenvalue weighted by Gasteiger charge is -2.15. The number of methoxy groups -OCH3 is 3. The van der Waals surface area contributed by atoms with E-state index in [9.17, 15) is 9.18 Å². The zero-order valence-electron chi connectivity index (χ0n) is 18.1. The normalized spacial score (nSPS) is 11.0. The highest BCUT2D eigenvalue weighted by Gasteiger charge is 2.22. The van der Waals surface area contributed by atoms with E-state index in [1.54, 1.807) is 43.5 Å². The van der Waals surface area contributed by atoms with E-state index in [1.165, 1.54) is 48.9 Å². The first-order valence-electron chi connectivity index (χ1n) is 9.82. The van der Waals surface area contributed by atoms with Gasteiger partial charge in [0, 0.05) is 11.6 Å². The molecule has 0 fully saturated rings. The van der Waals surface area contributed by atoms with Crippen LogP contribution in [0.25, 0.3) is 10.2 Å². The highest BCUT2D eigenvalue weighted by molar-refractivity contribution is 7.22. The molecule has 4 aromatic rings. The molecule has 0 spiro atoms. The number of rotatable bonds is 7. The van der Waals surface area contributed by atoms with Crippen LogP contribution in [0.3, 0.4) is 0 Å². The SMILES string of the molecule is COc1cc(OC)cc(C(=O)N(/N=C/c2ccc(F)cc2)c2nc3ccc(OC)cc3s2)c1. The van der Waals surface area contributed by atoms with Gasteiger partial charge in [-0.1, -0.05) is 23.5 Å². The quantitative estimate of drug-likeness (QED) is 0.279. The largest absolute Gasteiger partial charge is 0.497 e. The first-order valence-corrected chi connectivity index (χ1v) is 10.6. The molecule has 0 radical (unpaired) electrons. The molecule has 168 valence electrons. The van der Waals surface area contributed by atoms with Gasteiger partial charge in [-0.15, -0.1) is 0 Å². The lowest BCUT2D eigenvalue weighted by Crippen LogP contribution is -2.25. The fourth-order valence-corrected chi connectivity index (χ4v) is 3.98. The Bertz CT molecular complexity index is 1300. The summed E-state index contributed by atoms with van der Waals surface area (Å²) in [6.45, 7) is 0. The van der Waals surface area contributed by atoms with Gasteiger partial charge in [0.25, 0.3) is 5.91 Å². The summed E-state index contributed by atoms with van der Waals surface area (Å²) in [4.78, 5) is 18.1. The summed E-state index contributed by atoms with van der Waals surface area (Å²) < 4.78 is 30.0. The minimum Gasteiger partial charge on any atom is -0.497 e. The molecule has 7 nitrogen and oxygen atoms in total. The number of fused-ring (bicyclic) bond motifs is 1. The number of thiazole rings is 1. The lowest BCUT2D eigenvalue weighted by atomic mass is 10.2. The molecule has 3 aromatic carbocycles.